The molecule has 3 rings (SSSR count). The van der Waals surface area contributed by atoms with E-state index in [0.29, 0.717) is 5.52 Å². The highest BCUT2D eigenvalue weighted by atomic mass is 35.5. The zero-order valence-corrected chi connectivity index (χ0v) is 14.2. The number of halogens is 2. The fraction of sp³-hybridized carbons (Fsp3) is 0.0667. The molecule has 0 radical (unpaired) electrons. The fourth-order valence-corrected chi connectivity index (χ4v) is 3.28. The molecule has 2 N–H and O–H groups in total. The van der Waals surface area contributed by atoms with Crippen LogP contribution in [0.4, 0.5) is 4.39 Å². The smallest absolute Gasteiger partial charge is 0.260 e. The van der Waals surface area contributed by atoms with Gasteiger partial charge >= 0.3 is 0 Å². The molecule has 7 nitrogen and oxygen atoms in total. The highest BCUT2D eigenvalue weighted by Gasteiger charge is 2.20. The summed E-state index contributed by atoms with van der Waals surface area (Å²) in [5, 5.41) is 0.0625. The minimum atomic E-state index is -4.26. The van der Waals surface area contributed by atoms with Crippen molar-refractivity contribution >= 4 is 38.6 Å². The van der Waals surface area contributed by atoms with Crippen LogP contribution in [-0.4, -0.2) is 23.9 Å². The fourth-order valence-electron chi connectivity index (χ4n) is 2.20. The first-order chi connectivity index (χ1) is 11.9. The Hall–Kier alpha value is -2.49. The molecule has 1 amide bonds. The van der Waals surface area contributed by atoms with Gasteiger partial charge in [0.1, 0.15) is 17.3 Å². The Morgan fingerprint density at radius 1 is 1.24 bits per heavy atom. The molecule has 0 saturated carbocycles. The first kappa shape index (κ1) is 17.3. The van der Waals surface area contributed by atoms with Crippen LogP contribution in [0.5, 0.6) is 0 Å². The number of nitrogens with one attached hydrogen (secondary N) is 2. The van der Waals surface area contributed by atoms with Gasteiger partial charge in [0.15, 0.2) is 0 Å². The molecule has 130 valence electrons. The molecule has 0 spiro atoms. The number of imidazole rings is 1. The van der Waals surface area contributed by atoms with Crippen molar-refractivity contribution in [3.8, 4) is 0 Å². The van der Waals surface area contributed by atoms with Gasteiger partial charge in [0, 0.05) is 5.02 Å². The van der Waals surface area contributed by atoms with E-state index in [4.69, 9.17) is 11.6 Å². The van der Waals surface area contributed by atoms with Gasteiger partial charge in [0.25, 0.3) is 15.9 Å². The van der Waals surface area contributed by atoms with Crippen molar-refractivity contribution < 1.29 is 17.6 Å². The lowest BCUT2D eigenvalue weighted by atomic mass is 10.3. The number of carbonyl (C=O) groups is 1. The van der Waals surface area contributed by atoms with Gasteiger partial charge in [-0.2, -0.15) is 0 Å². The number of aromatic nitrogens is 2. The Labute approximate surface area is 147 Å². The number of nitrogens with zero attached hydrogens (tertiary/aromatic N) is 2. The summed E-state index contributed by atoms with van der Waals surface area (Å²) in [5.41, 5.74) is 3.47. The van der Waals surface area contributed by atoms with Gasteiger partial charge in [-0.05, 0) is 30.3 Å². The second-order valence-electron chi connectivity index (χ2n) is 5.09. The number of rotatable bonds is 5. The number of amides is 1. The number of fused-ring (bicyclic) bond motifs is 1. The van der Waals surface area contributed by atoms with E-state index in [0.717, 1.165) is 17.6 Å². The van der Waals surface area contributed by atoms with Crippen molar-refractivity contribution in [2.75, 3.05) is 0 Å². The maximum atomic E-state index is 13.7. The second kappa shape index (κ2) is 6.79. The van der Waals surface area contributed by atoms with E-state index in [9.17, 15) is 17.6 Å². The van der Waals surface area contributed by atoms with Crippen LogP contribution in [0.2, 0.25) is 5.02 Å². The van der Waals surface area contributed by atoms with E-state index in [1.165, 1.54) is 12.4 Å². The maximum Gasteiger partial charge on any atom is 0.260 e. The number of benzene rings is 2. The highest BCUT2D eigenvalue weighted by molar-refractivity contribution is 7.89. The standard InChI is InChI=1S/C15H12ClFN4O3S/c16-10-5-6-14(11(17)7-10)25(23,24)20-19-15(22)8-21-9-18-12-3-1-2-4-13(12)21/h1-7,9,20H,8H2,(H,19,22). The van der Waals surface area contributed by atoms with Crippen molar-refractivity contribution in [2.24, 2.45) is 0 Å². The third kappa shape index (κ3) is 3.78. The number of hydrogen-bond donors (Lipinski definition) is 2. The minimum absolute atomic E-state index is 0.0625. The molecule has 10 heteroatoms. The predicted molar refractivity (Wildman–Crippen MR) is 89.6 cm³/mol. The lowest BCUT2D eigenvalue weighted by Gasteiger charge is -2.10. The summed E-state index contributed by atoms with van der Waals surface area (Å²) in [4.78, 5) is 17.3. The van der Waals surface area contributed by atoms with E-state index >= 15 is 0 Å². The quantitative estimate of drug-likeness (QED) is 0.658. The second-order valence-corrected chi connectivity index (χ2v) is 7.18. The molecule has 0 fully saturated rings. The van der Waals surface area contributed by atoms with Crippen LogP contribution in [-0.2, 0) is 21.4 Å². The van der Waals surface area contributed by atoms with Gasteiger partial charge in [-0.1, -0.05) is 23.7 Å². The third-order valence-electron chi connectivity index (χ3n) is 3.35. The molecule has 3 aromatic rings. The van der Waals surface area contributed by atoms with E-state index in [-0.39, 0.29) is 11.6 Å². The molecule has 0 aliphatic rings. The predicted octanol–water partition coefficient (Wildman–Crippen LogP) is 1.84. The van der Waals surface area contributed by atoms with Crippen LogP contribution in [0.3, 0.4) is 0 Å². The van der Waals surface area contributed by atoms with Crippen molar-refractivity contribution in [3.05, 3.63) is 59.6 Å². The number of sulfonamides is 1. The molecule has 1 heterocycles. The van der Waals surface area contributed by atoms with Crippen LogP contribution in [0.25, 0.3) is 11.0 Å². The Balaban J connectivity index is 1.69. The lowest BCUT2D eigenvalue weighted by Crippen LogP contribution is -2.43. The summed E-state index contributed by atoms with van der Waals surface area (Å²) in [5.74, 6) is -1.66. The van der Waals surface area contributed by atoms with E-state index in [2.05, 4.69) is 4.98 Å². The average Bonchev–Trinajstić information content (AvgIpc) is 2.96. The molecule has 0 bridgehead atoms. The lowest BCUT2D eigenvalue weighted by molar-refractivity contribution is -0.122. The van der Waals surface area contributed by atoms with E-state index < -0.39 is 26.6 Å². The molecular weight excluding hydrogens is 371 g/mol. The number of hydrazine groups is 1. The molecule has 25 heavy (non-hydrogen) atoms. The van der Waals surface area contributed by atoms with Crippen LogP contribution in [0.15, 0.2) is 53.7 Å². The summed E-state index contributed by atoms with van der Waals surface area (Å²) < 4.78 is 39.4. The molecule has 0 aliphatic carbocycles. The normalized spacial score (nSPS) is 11.6. The van der Waals surface area contributed by atoms with E-state index in [1.807, 2.05) is 16.3 Å². The van der Waals surface area contributed by atoms with Gasteiger partial charge in [0.2, 0.25) is 0 Å². The molecule has 0 aliphatic heterocycles. The molecule has 2 aromatic carbocycles. The molecular formula is C15H12ClFN4O3S. The summed E-state index contributed by atoms with van der Waals surface area (Å²) in [6, 6.07) is 10.3. The largest absolute Gasteiger partial charge is 0.321 e. The SMILES string of the molecule is O=C(Cn1cnc2ccccc21)NNS(=O)(=O)c1ccc(Cl)cc1F. The Kier molecular flexibility index (Phi) is 4.71. The van der Waals surface area contributed by atoms with E-state index in [1.54, 1.807) is 22.8 Å². The van der Waals surface area contributed by atoms with Gasteiger partial charge in [-0.3, -0.25) is 10.2 Å². The number of carbonyl (C=O) groups excluding carboxylic acids is 1. The van der Waals surface area contributed by atoms with Crippen LogP contribution >= 0.6 is 11.6 Å². The van der Waals surface area contributed by atoms with Crippen molar-refractivity contribution in [2.45, 2.75) is 11.4 Å². The summed E-state index contributed by atoms with van der Waals surface area (Å²) in [7, 11) is -4.26. The maximum absolute atomic E-state index is 13.7. The number of hydrogen-bond acceptors (Lipinski definition) is 4. The van der Waals surface area contributed by atoms with Crippen molar-refractivity contribution in [1.82, 2.24) is 19.8 Å². The van der Waals surface area contributed by atoms with Gasteiger partial charge in [-0.15, -0.1) is 4.83 Å². The zero-order chi connectivity index (χ0) is 18.0. The number of para-hydroxylation sites is 2. The minimum Gasteiger partial charge on any atom is -0.321 e. The monoisotopic (exact) mass is 382 g/mol. The third-order valence-corrected chi connectivity index (χ3v) is 4.87. The first-order valence-corrected chi connectivity index (χ1v) is 8.88. The molecule has 0 atom stereocenters. The molecule has 0 saturated heterocycles. The van der Waals surface area contributed by atoms with Crippen LogP contribution < -0.4 is 10.3 Å². The molecule has 1 aromatic heterocycles. The first-order valence-electron chi connectivity index (χ1n) is 7.02. The summed E-state index contributed by atoms with van der Waals surface area (Å²) in [6.45, 7) is -0.161. The summed E-state index contributed by atoms with van der Waals surface area (Å²) in [6.07, 6.45) is 1.47. The van der Waals surface area contributed by atoms with Gasteiger partial charge < -0.3 is 4.57 Å². The van der Waals surface area contributed by atoms with Crippen LogP contribution in [0.1, 0.15) is 0 Å². The van der Waals surface area contributed by atoms with Crippen LogP contribution in [0, 0.1) is 5.82 Å². The van der Waals surface area contributed by atoms with Crippen molar-refractivity contribution in [1.29, 1.82) is 0 Å². The Bertz CT molecular complexity index is 1050. The summed E-state index contributed by atoms with van der Waals surface area (Å²) >= 11 is 5.59. The van der Waals surface area contributed by atoms with Crippen molar-refractivity contribution in [3.63, 3.8) is 0 Å². The average molecular weight is 383 g/mol. The topological polar surface area (TPSA) is 93.1 Å². The van der Waals surface area contributed by atoms with Gasteiger partial charge in [0.05, 0.1) is 17.4 Å². The Morgan fingerprint density at radius 3 is 2.76 bits per heavy atom. The molecule has 0 unspecified atom stereocenters. The highest BCUT2D eigenvalue weighted by Crippen LogP contribution is 2.18. The zero-order valence-electron chi connectivity index (χ0n) is 12.6. The van der Waals surface area contributed by atoms with Gasteiger partial charge in [-0.25, -0.2) is 17.8 Å². The Morgan fingerprint density at radius 2 is 2.00 bits per heavy atom.